The molecule has 0 bridgehead atoms. The third-order valence-electron chi connectivity index (χ3n) is 2.36. The van der Waals surface area contributed by atoms with E-state index < -0.39 is 22.6 Å². The number of hydrogen-bond donors (Lipinski definition) is 1. The van der Waals surface area contributed by atoms with E-state index in [1.807, 2.05) is 0 Å². The van der Waals surface area contributed by atoms with Crippen molar-refractivity contribution in [1.82, 2.24) is 0 Å². The summed E-state index contributed by atoms with van der Waals surface area (Å²) in [4.78, 5) is 32.3. The third-order valence-corrected chi connectivity index (χ3v) is 2.68. The summed E-state index contributed by atoms with van der Waals surface area (Å²) in [7, 11) is 0. The number of nitro benzene ring substituents is 1. The van der Waals surface area contributed by atoms with Crippen LogP contribution in [0.2, 0.25) is 5.02 Å². The Bertz CT molecular complexity index is 514. The van der Waals surface area contributed by atoms with Crippen LogP contribution >= 0.6 is 11.6 Å². The molecule has 7 heteroatoms. The number of Topliss-reactive ketones (excluding diaryl/α,β-unsaturated/α-hetero) is 1. The largest absolute Gasteiger partial charge is 0.481 e. The Balaban J connectivity index is 3.03. The molecular weight excluding hydrogens is 262 g/mol. The lowest BCUT2D eigenvalue weighted by molar-refractivity contribution is -0.384. The number of halogens is 1. The molecule has 0 aromatic heterocycles. The van der Waals surface area contributed by atoms with Gasteiger partial charge in [0.2, 0.25) is 0 Å². The van der Waals surface area contributed by atoms with Gasteiger partial charge in [-0.3, -0.25) is 19.7 Å². The maximum atomic E-state index is 11.8. The van der Waals surface area contributed by atoms with Gasteiger partial charge in [0.05, 0.1) is 11.3 Å². The quantitative estimate of drug-likeness (QED) is 0.504. The van der Waals surface area contributed by atoms with E-state index in [0.29, 0.717) is 0 Å². The van der Waals surface area contributed by atoms with Gasteiger partial charge in [-0.05, 0) is 12.1 Å². The van der Waals surface area contributed by atoms with Crippen LogP contribution in [0.25, 0.3) is 0 Å². The van der Waals surface area contributed by atoms with Crippen LogP contribution < -0.4 is 0 Å². The van der Waals surface area contributed by atoms with Gasteiger partial charge in [-0.2, -0.15) is 0 Å². The van der Waals surface area contributed by atoms with E-state index in [4.69, 9.17) is 16.7 Å². The Kier molecular flexibility index (Phi) is 4.38. The Morgan fingerprint density at radius 3 is 2.61 bits per heavy atom. The molecular formula is C11H10ClNO5. The first-order chi connectivity index (χ1) is 8.32. The fourth-order valence-electron chi connectivity index (χ4n) is 1.44. The molecule has 0 fully saturated rings. The van der Waals surface area contributed by atoms with Crippen molar-refractivity contribution in [3.63, 3.8) is 0 Å². The van der Waals surface area contributed by atoms with Crippen molar-refractivity contribution in [2.24, 2.45) is 5.92 Å². The fraction of sp³-hybridized carbons (Fsp3) is 0.273. The van der Waals surface area contributed by atoms with E-state index in [0.717, 1.165) is 6.07 Å². The average molecular weight is 272 g/mol. The van der Waals surface area contributed by atoms with Crippen LogP contribution in [0, 0.1) is 16.0 Å². The van der Waals surface area contributed by atoms with Crippen LogP contribution in [-0.2, 0) is 4.79 Å². The minimum Gasteiger partial charge on any atom is -0.481 e. The summed E-state index contributed by atoms with van der Waals surface area (Å²) in [5, 5.41) is 19.2. The smallest absolute Gasteiger partial charge is 0.304 e. The number of rotatable bonds is 5. The molecule has 1 N–H and O–H groups in total. The van der Waals surface area contributed by atoms with Crippen LogP contribution in [0.4, 0.5) is 5.69 Å². The van der Waals surface area contributed by atoms with E-state index in [2.05, 4.69) is 0 Å². The van der Waals surface area contributed by atoms with E-state index in [9.17, 15) is 19.7 Å². The van der Waals surface area contributed by atoms with Crippen molar-refractivity contribution in [2.45, 2.75) is 13.3 Å². The number of carbonyl (C=O) groups is 2. The van der Waals surface area contributed by atoms with Gasteiger partial charge in [0.1, 0.15) is 5.02 Å². The highest BCUT2D eigenvalue weighted by molar-refractivity contribution is 6.32. The van der Waals surface area contributed by atoms with Gasteiger partial charge in [-0.1, -0.05) is 18.5 Å². The number of carboxylic acids is 1. The highest BCUT2D eigenvalue weighted by Gasteiger charge is 2.21. The molecule has 1 aromatic rings. The fourth-order valence-corrected chi connectivity index (χ4v) is 1.63. The molecule has 0 aliphatic rings. The summed E-state index contributed by atoms with van der Waals surface area (Å²) >= 11 is 5.61. The number of nitrogens with zero attached hydrogens (tertiary/aromatic N) is 1. The molecule has 96 valence electrons. The molecule has 0 saturated heterocycles. The first-order valence-corrected chi connectivity index (χ1v) is 5.40. The summed E-state index contributed by atoms with van der Waals surface area (Å²) < 4.78 is 0. The number of benzene rings is 1. The zero-order valence-corrected chi connectivity index (χ0v) is 10.2. The molecule has 0 aliphatic carbocycles. The summed E-state index contributed by atoms with van der Waals surface area (Å²) in [6.45, 7) is 1.46. The zero-order valence-electron chi connectivity index (χ0n) is 9.42. The molecule has 0 spiro atoms. The second-order valence-corrected chi connectivity index (χ2v) is 4.19. The van der Waals surface area contributed by atoms with E-state index in [1.165, 1.54) is 19.1 Å². The predicted molar refractivity (Wildman–Crippen MR) is 63.9 cm³/mol. The highest BCUT2D eigenvalue weighted by atomic mass is 35.5. The molecule has 0 aliphatic heterocycles. The molecule has 0 amide bonds. The maximum absolute atomic E-state index is 11.8. The van der Waals surface area contributed by atoms with Crippen LogP contribution in [0.5, 0.6) is 0 Å². The standard InChI is InChI=1S/C11H10ClNO5/c1-6(4-10(14)15)11(16)7-2-3-8(12)9(5-7)13(17)18/h2-3,5-6H,4H2,1H3,(H,14,15)/t6-/m1/s1. The van der Waals surface area contributed by atoms with Crippen molar-refractivity contribution < 1.29 is 19.6 Å². The van der Waals surface area contributed by atoms with E-state index in [1.54, 1.807) is 0 Å². The van der Waals surface area contributed by atoms with Gasteiger partial charge in [-0.15, -0.1) is 0 Å². The molecule has 6 nitrogen and oxygen atoms in total. The van der Waals surface area contributed by atoms with Crippen molar-refractivity contribution in [1.29, 1.82) is 0 Å². The van der Waals surface area contributed by atoms with E-state index in [-0.39, 0.29) is 22.7 Å². The summed E-state index contributed by atoms with van der Waals surface area (Å²) in [6, 6.07) is 3.65. The predicted octanol–water partition coefficient (Wildman–Crippen LogP) is 2.54. The number of hydrogen-bond acceptors (Lipinski definition) is 4. The minimum atomic E-state index is -1.10. The topological polar surface area (TPSA) is 97.5 Å². The highest BCUT2D eigenvalue weighted by Crippen LogP contribution is 2.26. The Labute approximate surface area is 107 Å². The Morgan fingerprint density at radius 2 is 2.11 bits per heavy atom. The molecule has 0 heterocycles. The first kappa shape index (κ1) is 14.1. The van der Waals surface area contributed by atoms with Crippen LogP contribution in [0.15, 0.2) is 18.2 Å². The third kappa shape index (κ3) is 3.27. The minimum absolute atomic E-state index is 0.0672. The zero-order chi connectivity index (χ0) is 13.9. The Hall–Kier alpha value is -1.95. The monoisotopic (exact) mass is 271 g/mol. The number of aliphatic carboxylic acids is 1. The lowest BCUT2D eigenvalue weighted by Gasteiger charge is -2.07. The molecule has 18 heavy (non-hydrogen) atoms. The lowest BCUT2D eigenvalue weighted by atomic mass is 9.96. The number of carbonyl (C=O) groups excluding carboxylic acids is 1. The van der Waals surface area contributed by atoms with Crippen molar-refractivity contribution in [2.75, 3.05) is 0 Å². The molecule has 0 radical (unpaired) electrons. The van der Waals surface area contributed by atoms with Gasteiger partial charge in [0.25, 0.3) is 5.69 Å². The van der Waals surface area contributed by atoms with Crippen molar-refractivity contribution >= 4 is 29.0 Å². The van der Waals surface area contributed by atoms with Crippen LogP contribution in [0.3, 0.4) is 0 Å². The second kappa shape index (κ2) is 5.59. The SMILES string of the molecule is C[C@H](CC(=O)O)C(=O)c1ccc(Cl)c([N+](=O)[O-])c1. The second-order valence-electron chi connectivity index (χ2n) is 3.79. The number of carboxylic acid groups (broad SMARTS) is 1. The van der Waals surface area contributed by atoms with Crippen molar-refractivity contribution in [3.8, 4) is 0 Å². The Morgan fingerprint density at radius 1 is 1.50 bits per heavy atom. The molecule has 1 aromatic carbocycles. The molecule has 1 atom stereocenters. The summed E-state index contributed by atoms with van der Waals surface area (Å²) in [6.07, 6.45) is -0.324. The van der Waals surface area contributed by atoms with Gasteiger partial charge in [0, 0.05) is 17.5 Å². The maximum Gasteiger partial charge on any atom is 0.304 e. The normalized spacial score (nSPS) is 11.9. The first-order valence-electron chi connectivity index (χ1n) is 5.03. The molecule has 1 rings (SSSR count). The van der Waals surface area contributed by atoms with E-state index >= 15 is 0 Å². The van der Waals surface area contributed by atoms with Gasteiger partial charge >= 0.3 is 5.97 Å². The molecule has 0 unspecified atom stereocenters. The number of ketones is 1. The lowest BCUT2D eigenvalue weighted by Crippen LogP contribution is -2.15. The van der Waals surface area contributed by atoms with Gasteiger partial charge in [0.15, 0.2) is 5.78 Å². The summed E-state index contributed by atoms with van der Waals surface area (Å²) in [5.74, 6) is -2.31. The van der Waals surface area contributed by atoms with Gasteiger partial charge in [-0.25, -0.2) is 0 Å². The summed E-state index contributed by atoms with van der Waals surface area (Å²) in [5.41, 5.74) is -0.287. The van der Waals surface area contributed by atoms with Gasteiger partial charge < -0.3 is 5.11 Å². The average Bonchev–Trinajstić information content (AvgIpc) is 2.27. The number of nitro groups is 1. The van der Waals surface area contributed by atoms with Crippen LogP contribution in [0.1, 0.15) is 23.7 Å². The molecule has 0 saturated carbocycles. The van der Waals surface area contributed by atoms with Crippen LogP contribution in [-0.4, -0.2) is 21.8 Å². The van der Waals surface area contributed by atoms with Crippen molar-refractivity contribution in [3.05, 3.63) is 38.9 Å².